The average molecular weight is 349 g/mol. The van der Waals surface area contributed by atoms with Gasteiger partial charge >= 0.3 is 0 Å². The molecule has 4 heteroatoms. The standard InChI is InChI=1S/C22H23NO3/c1-2-5-17(6-3-1)13-19(20-7-4-12-24-20)10-11-23-15-18-8-9-21-22(14-18)26-16-25-21/h1-9,12,14,19,23H,10-11,13,15-16H2/t19-/m1/s1. The van der Waals surface area contributed by atoms with Gasteiger partial charge in [-0.3, -0.25) is 0 Å². The lowest BCUT2D eigenvalue weighted by Gasteiger charge is -2.15. The third-order valence-corrected chi connectivity index (χ3v) is 4.71. The maximum atomic E-state index is 5.68. The molecule has 1 aliphatic rings. The van der Waals surface area contributed by atoms with Crippen molar-refractivity contribution < 1.29 is 13.9 Å². The van der Waals surface area contributed by atoms with Gasteiger partial charge in [0.25, 0.3) is 0 Å². The maximum absolute atomic E-state index is 5.68. The van der Waals surface area contributed by atoms with E-state index in [4.69, 9.17) is 13.9 Å². The highest BCUT2D eigenvalue weighted by molar-refractivity contribution is 5.44. The lowest BCUT2D eigenvalue weighted by atomic mass is 9.94. The van der Waals surface area contributed by atoms with Crippen LogP contribution in [0.2, 0.25) is 0 Å². The Labute approximate surface area is 153 Å². The Balaban J connectivity index is 1.32. The van der Waals surface area contributed by atoms with E-state index in [-0.39, 0.29) is 0 Å². The number of nitrogens with one attached hydrogen (secondary N) is 1. The molecule has 0 spiro atoms. The lowest BCUT2D eigenvalue weighted by Crippen LogP contribution is -2.18. The second-order valence-electron chi connectivity index (χ2n) is 6.56. The van der Waals surface area contributed by atoms with Gasteiger partial charge in [0, 0.05) is 12.5 Å². The van der Waals surface area contributed by atoms with E-state index in [1.807, 2.05) is 18.2 Å². The fraction of sp³-hybridized carbons (Fsp3) is 0.273. The van der Waals surface area contributed by atoms with Gasteiger partial charge in [-0.2, -0.15) is 0 Å². The number of furan rings is 1. The molecule has 2 aromatic carbocycles. The molecule has 1 aromatic heterocycles. The van der Waals surface area contributed by atoms with Gasteiger partial charge in [-0.1, -0.05) is 36.4 Å². The summed E-state index contributed by atoms with van der Waals surface area (Å²) in [4.78, 5) is 0. The van der Waals surface area contributed by atoms with Crippen LogP contribution in [-0.4, -0.2) is 13.3 Å². The first-order chi connectivity index (χ1) is 12.9. The summed E-state index contributed by atoms with van der Waals surface area (Å²) in [5.74, 6) is 3.09. The molecule has 0 fully saturated rings. The summed E-state index contributed by atoms with van der Waals surface area (Å²) >= 11 is 0. The van der Waals surface area contributed by atoms with Gasteiger partial charge in [0.05, 0.1) is 6.26 Å². The minimum Gasteiger partial charge on any atom is -0.469 e. The van der Waals surface area contributed by atoms with E-state index in [1.54, 1.807) is 6.26 Å². The van der Waals surface area contributed by atoms with Gasteiger partial charge in [-0.25, -0.2) is 0 Å². The molecule has 26 heavy (non-hydrogen) atoms. The summed E-state index contributed by atoms with van der Waals surface area (Å²) in [6.07, 6.45) is 3.76. The van der Waals surface area contributed by atoms with Gasteiger partial charge in [0.2, 0.25) is 6.79 Å². The molecule has 1 N–H and O–H groups in total. The van der Waals surface area contributed by atoms with Crippen molar-refractivity contribution in [3.63, 3.8) is 0 Å². The largest absolute Gasteiger partial charge is 0.469 e. The van der Waals surface area contributed by atoms with E-state index < -0.39 is 0 Å². The summed E-state index contributed by atoms with van der Waals surface area (Å²) < 4.78 is 16.5. The van der Waals surface area contributed by atoms with E-state index in [0.29, 0.717) is 12.7 Å². The van der Waals surface area contributed by atoms with Crippen molar-refractivity contribution in [3.05, 3.63) is 83.8 Å². The Morgan fingerprint density at radius 1 is 0.885 bits per heavy atom. The first kappa shape index (κ1) is 16.7. The Bertz CT molecular complexity index is 815. The van der Waals surface area contributed by atoms with Crippen molar-refractivity contribution in [2.24, 2.45) is 0 Å². The van der Waals surface area contributed by atoms with E-state index in [1.165, 1.54) is 11.1 Å². The maximum Gasteiger partial charge on any atom is 0.231 e. The summed E-state index contributed by atoms with van der Waals surface area (Å²) in [7, 11) is 0. The highest BCUT2D eigenvalue weighted by Crippen LogP contribution is 2.32. The van der Waals surface area contributed by atoms with Crippen molar-refractivity contribution in [3.8, 4) is 11.5 Å². The molecular formula is C22H23NO3. The Morgan fingerprint density at radius 3 is 2.62 bits per heavy atom. The smallest absolute Gasteiger partial charge is 0.231 e. The molecule has 0 radical (unpaired) electrons. The quantitative estimate of drug-likeness (QED) is 0.608. The zero-order valence-electron chi connectivity index (χ0n) is 14.7. The highest BCUT2D eigenvalue weighted by Gasteiger charge is 2.16. The minimum atomic E-state index is 0.316. The molecule has 0 saturated carbocycles. The van der Waals surface area contributed by atoms with Crippen LogP contribution >= 0.6 is 0 Å². The van der Waals surface area contributed by atoms with Crippen LogP contribution in [0, 0.1) is 0 Å². The van der Waals surface area contributed by atoms with Gasteiger partial charge in [-0.05, 0) is 54.8 Å². The zero-order valence-corrected chi connectivity index (χ0v) is 14.7. The molecule has 1 aliphatic heterocycles. The summed E-state index contributed by atoms with van der Waals surface area (Å²) in [5, 5.41) is 3.53. The number of fused-ring (bicyclic) bond motifs is 1. The van der Waals surface area contributed by atoms with Gasteiger partial charge in [-0.15, -0.1) is 0 Å². The van der Waals surface area contributed by atoms with Crippen molar-refractivity contribution in [2.75, 3.05) is 13.3 Å². The highest BCUT2D eigenvalue weighted by atomic mass is 16.7. The third-order valence-electron chi connectivity index (χ3n) is 4.71. The first-order valence-electron chi connectivity index (χ1n) is 9.05. The number of hydrogen-bond donors (Lipinski definition) is 1. The number of hydrogen-bond acceptors (Lipinski definition) is 4. The van der Waals surface area contributed by atoms with Crippen LogP contribution in [-0.2, 0) is 13.0 Å². The molecule has 0 saturated heterocycles. The molecule has 134 valence electrons. The molecule has 0 unspecified atom stereocenters. The van der Waals surface area contributed by atoms with Gasteiger partial charge < -0.3 is 19.2 Å². The molecule has 0 amide bonds. The lowest BCUT2D eigenvalue weighted by molar-refractivity contribution is 0.174. The number of rotatable bonds is 8. The molecule has 0 aliphatic carbocycles. The van der Waals surface area contributed by atoms with Crippen molar-refractivity contribution in [1.82, 2.24) is 5.32 Å². The summed E-state index contributed by atoms with van der Waals surface area (Å²) in [6.45, 7) is 2.05. The first-order valence-corrected chi connectivity index (χ1v) is 9.05. The van der Waals surface area contributed by atoms with Crippen LogP contribution in [0.4, 0.5) is 0 Å². The fourth-order valence-corrected chi connectivity index (χ4v) is 3.33. The summed E-state index contributed by atoms with van der Waals surface area (Å²) in [6, 6.07) is 20.7. The number of ether oxygens (including phenoxy) is 2. The van der Waals surface area contributed by atoms with Crippen molar-refractivity contribution in [1.29, 1.82) is 0 Å². The third kappa shape index (κ3) is 4.09. The van der Waals surface area contributed by atoms with Crippen molar-refractivity contribution in [2.45, 2.75) is 25.3 Å². The Kier molecular flexibility index (Phi) is 5.22. The molecule has 1 atom stereocenters. The predicted molar refractivity (Wildman–Crippen MR) is 100 cm³/mol. The van der Waals surface area contributed by atoms with Gasteiger partial charge in [0.1, 0.15) is 5.76 Å². The van der Waals surface area contributed by atoms with Gasteiger partial charge in [0.15, 0.2) is 11.5 Å². The molecule has 4 rings (SSSR count). The second-order valence-corrected chi connectivity index (χ2v) is 6.56. The topological polar surface area (TPSA) is 43.6 Å². The summed E-state index contributed by atoms with van der Waals surface area (Å²) in [5.41, 5.74) is 2.54. The molecule has 3 aromatic rings. The van der Waals surface area contributed by atoms with Crippen LogP contribution in [0.25, 0.3) is 0 Å². The van der Waals surface area contributed by atoms with E-state index in [2.05, 4.69) is 47.8 Å². The average Bonchev–Trinajstić information content (AvgIpc) is 3.36. The van der Waals surface area contributed by atoms with E-state index in [0.717, 1.165) is 43.2 Å². The van der Waals surface area contributed by atoms with Crippen LogP contribution in [0.3, 0.4) is 0 Å². The molecular weight excluding hydrogens is 326 g/mol. The normalized spacial score (nSPS) is 13.7. The van der Waals surface area contributed by atoms with E-state index in [9.17, 15) is 0 Å². The minimum absolute atomic E-state index is 0.316. The van der Waals surface area contributed by atoms with Crippen LogP contribution in [0.5, 0.6) is 11.5 Å². The number of benzene rings is 2. The monoisotopic (exact) mass is 349 g/mol. The Morgan fingerprint density at radius 2 is 1.77 bits per heavy atom. The molecule has 4 nitrogen and oxygen atoms in total. The Hall–Kier alpha value is -2.72. The van der Waals surface area contributed by atoms with E-state index >= 15 is 0 Å². The molecule has 2 heterocycles. The fourth-order valence-electron chi connectivity index (χ4n) is 3.33. The van der Waals surface area contributed by atoms with Crippen LogP contribution in [0.1, 0.15) is 29.2 Å². The second kappa shape index (κ2) is 8.11. The molecule has 0 bridgehead atoms. The van der Waals surface area contributed by atoms with Crippen LogP contribution < -0.4 is 14.8 Å². The van der Waals surface area contributed by atoms with Crippen LogP contribution in [0.15, 0.2) is 71.3 Å². The van der Waals surface area contributed by atoms with Crippen molar-refractivity contribution >= 4 is 0 Å². The predicted octanol–water partition coefficient (Wildman–Crippen LogP) is 4.51. The SMILES string of the molecule is c1ccc(C[C@@H](CCNCc2ccc3c(c2)OCO3)c2ccco2)cc1. The zero-order chi connectivity index (χ0) is 17.6.